The molecule has 0 radical (unpaired) electrons. The average molecular weight is 237 g/mol. The molecule has 17 heavy (non-hydrogen) atoms. The van der Waals surface area contributed by atoms with E-state index in [-0.39, 0.29) is 11.9 Å². The largest absolute Gasteiger partial charge is 0.307 e. The highest BCUT2D eigenvalue weighted by Crippen LogP contribution is 2.18. The highest BCUT2D eigenvalue weighted by atomic mass is 19.1. The van der Waals surface area contributed by atoms with Crippen LogP contribution >= 0.6 is 0 Å². The fourth-order valence-electron chi connectivity index (χ4n) is 2.08. The van der Waals surface area contributed by atoms with Crippen LogP contribution in [0.25, 0.3) is 0 Å². The molecule has 0 fully saturated rings. The van der Waals surface area contributed by atoms with Gasteiger partial charge in [0.05, 0.1) is 0 Å². The molecule has 0 aromatic heterocycles. The monoisotopic (exact) mass is 237 g/mol. The fraction of sp³-hybridized carbons (Fsp3) is 0.600. The molecule has 1 rings (SSSR count). The molecule has 0 aliphatic heterocycles. The lowest BCUT2D eigenvalue weighted by Crippen LogP contribution is -2.30. The smallest absolute Gasteiger partial charge is 0.126 e. The number of halogens is 1. The summed E-state index contributed by atoms with van der Waals surface area (Å²) in [6.45, 7) is 8.28. The lowest BCUT2D eigenvalue weighted by Gasteiger charge is -2.22. The van der Waals surface area contributed by atoms with Crippen LogP contribution in [0, 0.1) is 12.7 Å². The van der Waals surface area contributed by atoms with E-state index in [0.29, 0.717) is 11.6 Å². The van der Waals surface area contributed by atoms with E-state index in [4.69, 9.17) is 0 Å². The van der Waals surface area contributed by atoms with Gasteiger partial charge in [-0.1, -0.05) is 32.4 Å². The number of aryl methyl sites for hydroxylation is 1. The summed E-state index contributed by atoms with van der Waals surface area (Å²) in [7, 11) is 0. The zero-order valence-corrected chi connectivity index (χ0v) is 11.4. The van der Waals surface area contributed by atoms with Gasteiger partial charge in [-0.2, -0.15) is 0 Å². The Bertz CT molecular complexity index is 349. The van der Waals surface area contributed by atoms with Crippen LogP contribution in [-0.2, 0) is 0 Å². The number of hydrogen-bond donors (Lipinski definition) is 1. The van der Waals surface area contributed by atoms with Gasteiger partial charge in [0.25, 0.3) is 0 Å². The molecule has 1 N–H and O–H groups in total. The van der Waals surface area contributed by atoms with Crippen molar-refractivity contribution in [1.82, 2.24) is 5.32 Å². The molecular formula is C15H24FN. The summed E-state index contributed by atoms with van der Waals surface area (Å²) in [5.41, 5.74) is 1.74. The van der Waals surface area contributed by atoms with Crippen LogP contribution in [-0.4, -0.2) is 6.04 Å². The molecule has 0 spiro atoms. The molecule has 2 atom stereocenters. The van der Waals surface area contributed by atoms with E-state index < -0.39 is 0 Å². The Labute approximate surface area is 104 Å². The Morgan fingerprint density at radius 2 is 2.00 bits per heavy atom. The first-order valence-electron chi connectivity index (χ1n) is 6.60. The maximum absolute atomic E-state index is 13.5. The van der Waals surface area contributed by atoms with Gasteiger partial charge in [0, 0.05) is 12.1 Å². The normalized spacial score (nSPS) is 14.6. The second-order valence-corrected chi connectivity index (χ2v) is 4.79. The van der Waals surface area contributed by atoms with Crippen LogP contribution < -0.4 is 5.32 Å². The van der Waals surface area contributed by atoms with Gasteiger partial charge in [-0.15, -0.1) is 0 Å². The second-order valence-electron chi connectivity index (χ2n) is 4.79. The van der Waals surface area contributed by atoms with E-state index >= 15 is 0 Å². The second kappa shape index (κ2) is 6.75. The van der Waals surface area contributed by atoms with Crippen molar-refractivity contribution in [2.45, 2.75) is 59.0 Å². The van der Waals surface area contributed by atoms with E-state index in [9.17, 15) is 4.39 Å². The van der Waals surface area contributed by atoms with Gasteiger partial charge in [-0.25, -0.2) is 4.39 Å². The fourth-order valence-corrected chi connectivity index (χ4v) is 2.08. The lowest BCUT2D eigenvalue weighted by molar-refractivity contribution is 0.416. The maximum Gasteiger partial charge on any atom is 0.126 e. The van der Waals surface area contributed by atoms with Gasteiger partial charge in [0.15, 0.2) is 0 Å². The molecule has 0 heterocycles. The standard InChI is InChI=1S/C15H24FN/c1-5-7-14(6-2)17-12(4)13-9-8-11(3)15(16)10-13/h8-10,12,14,17H,5-7H2,1-4H3. The van der Waals surface area contributed by atoms with Crippen molar-refractivity contribution in [3.05, 3.63) is 35.1 Å². The summed E-state index contributed by atoms with van der Waals surface area (Å²) in [6.07, 6.45) is 3.47. The van der Waals surface area contributed by atoms with E-state index in [1.165, 1.54) is 12.8 Å². The third-order valence-corrected chi connectivity index (χ3v) is 3.31. The van der Waals surface area contributed by atoms with Crippen molar-refractivity contribution in [3.8, 4) is 0 Å². The van der Waals surface area contributed by atoms with Crippen LogP contribution in [0.4, 0.5) is 4.39 Å². The van der Waals surface area contributed by atoms with Gasteiger partial charge < -0.3 is 5.32 Å². The highest BCUT2D eigenvalue weighted by molar-refractivity contribution is 5.25. The van der Waals surface area contributed by atoms with E-state index in [2.05, 4.69) is 26.1 Å². The van der Waals surface area contributed by atoms with Crippen LogP contribution in [0.15, 0.2) is 18.2 Å². The Kier molecular flexibility index (Phi) is 5.63. The Balaban J connectivity index is 2.68. The highest BCUT2D eigenvalue weighted by Gasteiger charge is 2.12. The molecule has 0 bridgehead atoms. The minimum Gasteiger partial charge on any atom is -0.307 e. The molecule has 0 aliphatic carbocycles. The SMILES string of the molecule is CCCC(CC)NC(C)c1ccc(C)c(F)c1. The van der Waals surface area contributed by atoms with Gasteiger partial charge in [0.2, 0.25) is 0 Å². The first-order valence-corrected chi connectivity index (χ1v) is 6.60. The molecule has 2 unspecified atom stereocenters. The van der Waals surface area contributed by atoms with Crippen molar-refractivity contribution in [3.63, 3.8) is 0 Å². The zero-order chi connectivity index (χ0) is 12.8. The predicted molar refractivity (Wildman–Crippen MR) is 71.7 cm³/mol. The van der Waals surface area contributed by atoms with Crippen LogP contribution in [0.1, 0.15) is 57.2 Å². The van der Waals surface area contributed by atoms with Crippen LogP contribution in [0.3, 0.4) is 0 Å². The zero-order valence-electron chi connectivity index (χ0n) is 11.4. The number of nitrogens with one attached hydrogen (secondary N) is 1. The average Bonchev–Trinajstić information content (AvgIpc) is 2.31. The first kappa shape index (κ1) is 14.2. The molecule has 0 aliphatic rings. The summed E-state index contributed by atoms with van der Waals surface area (Å²) in [5.74, 6) is -0.111. The number of hydrogen-bond acceptors (Lipinski definition) is 1. The summed E-state index contributed by atoms with van der Waals surface area (Å²) in [5, 5.41) is 3.56. The van der Waals surface area contributed by atoms with Crippen molar-refractivity contribution < 1.29 is 4.39 Å². The molecule has 1 nitrogen and oxygen atoms in total. The van der Waals surface area contributed by atoms with E-state index in [1.807, 2.05) is 12.1 Å². The van der Waals surface area contributed by atoms with Crippen molar-refractivity contribution >= 4 is 0 Å². The number of rotatable bonds is 6. The maximum atomic E-state index is 13.5. The molecular weight excluding hydrogens is 213 g/mol. The molecule has 2 heteroatoms. The minimum absolute atomic E-state index is 0.111. The van der Waals surface area contributed by atoms with Crippen molar-refractivity contribution in [1.29, 1.82) is 0 Å². The third-order valence-electron chi connectivity index (χ3n) is 3.31. The predicted octanol–water partition coefficient (Wildman–Crippen LogP) is 4.36. The molecule has 0 saturated carbocycles. The van der Waals surface area contributed by atoms with Crippen LogP contribution in [0.5, 0.6) is 0 Å². The number of benzene rings is 1. The Morgan fingerprint density at radius 3 is 2.53 bits per heavy atom. The Hall–Kier alpha value is -0.890. The third kappa shape index (κ3) is 4.12. The van der Waals surface area contributed by atoms with Gasteiger partial charge in [-0.05, 0) is 43.9 Å². The molecule has 1 aromatic rings. The summed E-state index contributed by atoms with van der Waals surface area (Å²) >= 11 is 0. The first-order chi connectivity index (χ1) is 8.08. The van der Waals surface area contributed by atoms with Gasteiger partial charge in [0.1, 0.15) is 5.82 Å². The Morgan fingerprint density at radius 1 is 1.29 bits per heavy atom. The summed E-state index contributed by atoms with van der Waals surface area (Å²) in [4.78, 5) is 0. The van der Waals surface area contributed by atoms with E-state index in [0.717, 1.165) is 12.0 Å². The summed E-state index contributed by atoms with van der Waals surface area (Å²) in [6, 6.07) is 6.24. The van der Waals surface area contributed by atoms with Crippen LogP contribution in [0.2, 0.25) is 0 Å². The van der Waals surface area contributed by atoms with Crippen molar-refractivity contribution in [2.24, 2.45) is 0 Å². The quantitative estimate of drug-likeness (QED) is 0.775. The minimum atomic E-state index is -0.111. The molecule has 1 aromatic carbocycles. The van der Waals surface area contributed by atoms with E-state index in [1.54, 1.807) is 13.0 Å². The topological polar surface area (TPSA) is 12.0 Å². The molecule has 0 saturated heterocycles. The van der Waals surface area contributed by atoms with Gasteiger partial charge in [-0.3, -0.25) is 0 Å². The lowest BCUT2D eigenvalue weighted by atomic mass is 10.0. The molecule has 0 amide bonds. The summed E-state index contributed by atoms with van der Waals surface area (Å²) < 4.78 is 13.5. The molecule has 96 valence electrons. The van der Waals surface area contributed by atoms with Gasteiger partial charge >= 0.3 is 0 Å². The van der Waals surface area contributed by atoms with Crippen molar-refractivity contribution in [2.75, 3.05) is 0 Å².